The molecule has 1 atom stereocenters. The van der Waals surface area contributed by atoms with Crippen molar-refractivity contribution in [3.8, 4) is 0 Å². The zero-order valence-corrected chi connectivity index (χ0v) is 31.6. The number of allylic oxidation sites excluding steroid dienone is 4. The largest absolute Gasteiger partial charge is 0.0654 e. The Balaban J connectivity index is 2.84. The van der Waals surface area contributed by atoms with Crippen LogP contribution in [0.3, 0.4) is 0 Å². The smallest absolute Gasteiger partial charge is 0.000958 e. The molecule has 0 radical (unpaired) electrons. The summed E-state index contributed by atoms with van der Waals surface area (Å²) in [6.07, 6.45) is 48.7. The molecule has 0 saturated heterocycles. The Morgan fingerprint density at radius 3 is 0.727 bits per heavy atom. The van der Waals surface area contributed by atoms with Gasteiger partial charge in [0.25, 0.3) is 0 Å². The third-order valence-corrected chi connectivity index (χ3v) is 10.8. The summed E-state index contributed by atoms with van der Waals surface area (Å²) < 4.78 is 0. The molecule has 1 unspecified atom stereocenters. The standard InChI is InChI=1S/C44H84/c1-6-10-14-18-22-25-29-33-37-42-40(5)41(36-32-28-21-17-13-9-4)43(38-34-30-26-23-19-15-11-7-2)44(42)39-35-31-27-24-20-16-12-8-3/h40H,6-39H2,1-5H3. The fraction of sp³-hybridized carbons (Fsp3) is 0.909. The van der Waals surface area contributed by atoms with Gasteiger partial charge in [0, 0.05) is 0 Å². The molecule has 0 aromatic carbocycles. The molecule has 0 heteroatoms. The van der Waals surface area contributed by atoms with Crippen molar-refractivity contribution in [2.75, 3.05) is 0 Å². The molecule has 0 aromatic heterocycles. The van der Waals surface area contributed by atoms with Crippen LogP contribution in [0.15, 0.2) is 22.3 Å². The van der Waals surface area contributed by atoms with Crippen LogP contribution in [-0.2, 0) is 0 Å². The molecular formula is C44H84. The van der Waals surface area contributed by atoms with Gasteiger partial charge in [-0.2, -0.15) is 0 Å². The normalized spacial score (nSPS) is 15.3. The van der Waals surface area contributed by atoms with E-state index >= 15 is 0 Å². The van der Waals surface area contributed by atoms with Crippen molar-refractivity contribution >= 4 is 0 Å². The molecule has 0 amide bonds. The Hall–Kier alpha value is -0.520. The van der Waals surface area contributed by atoms with E-state index in [-0.39, 0.29) is 0 Å². The number of hydrogen-bond donors (Lipinski definition) is 0. The van der Waals surface area contributed by atoms with Crippen molar-refractivity contribution in [1.29, 1.82) is 0 Å². The molecule has 0 N–H and O–H groups in total. The molecule has 260 valence electrons. The van der Waals surface area contributed by atoms with E-state index in [2.05, 4.69) is 34.6 Å². The average molecular weight is 613 g/mol. The lowest BCUT2D eigenvalue weighted by Crippen LogP contribution is -2.01. The zero-order chi connectivity index (χ0) is 31.9. The van der Waals surface area contributed by atoms with E-state index in [9.17, 15) is 0 Å². The predicted octanol–water partition coefficient (Wildman–Crippen LogP) is 16.6. The summed E-state index contributed by atoms with van der Waals surface area (Å²) in [7, 11) is 0. The first-order chi connectivity index (χ1) is 21.7. The number of rotatable bonds is 34. The molecule has 0 heterocycles. The van der Waals surface area contributed by atoms with Gasteiger partial charge in [0.15, 0.2) is 0 Å². The minimum Gasteiger partial charge on any atom is -0.0654 e. The van der Waals surface area contributed by atoms with Gasteiger partial charge in [0.05, 0.1) is 0 Å². The molecule has 0 aromatic rings. The highest BCUT2D eigenvalue weighted by Gasteiger charge is 2.29. The third-order valence-electron chi connectivity index (χ3n) is 10.8. The zero-order valence-electron chi connectivity index (χ0n) is 31.6. The molecular weight excluding hydrogens is 528 g/mol. The lowest BCUT2D eigenvalue weighted by atomic mass is 9.89. The van der Waals surface area contributed by atoms with Gasteiger partial charge in [-0.05, 0) is 68.4 Å². The van der Waals surface area contributed by atoms with Gasteiger partial charge in [0.1, 0.15) is 0 Å². The first-order valence-electron chi connectivity index (χ1n) is 21.1. The first-order valence-corrected chi connectivity index (χ1v) is 21.1. The van der Waals surface area contributed by atoms with E-state index in [0.29, 0.717) is 0 Å². The molecule has 0 nitrogen and oxygen atoms in total. The fourth-order valence-corrected chi connectivity index (χ4v) is 7.89. The minimum absolute atomic E-state index is 0.739. The number of hydrogen-bond acceptors (Lipinski definition) is 0. The van der Waals surface area contributed by atoms with Crippen molar-refractivity contribution in [2.24, 2.45) is 5.92 Å². The Bertz CT molecular complexity index is 678. The van der Waals surface area contributed by atoms with Gasteiger partial charge in [-0.25, -0.2) is 0 Å². The Labute approximate surface area is 280 Å². The second-order valence-corrected chi connectivity index (χ2v) is 14.9. The maximum absolute atomic E-state index is 2.63. The second kappa shape index (κ2) is 31.1. The third kappa shape index (κ3) is 20.6. The lowest BCUT2D eigenvalue weighted by molar-refractivity contribution is 0.561. The molecule has 1 rings (SSSR count). The highest BCUT2D eigenvalue weighted by molar-refractivity contribution is 5.49. The van der Waals surface area contributed by atoms with E-state index in [1.54, 1.807) is 0 Å². The fourth-order valence-electron chi connectivity index (χ4n) is 7.89. The maximum atomic E-state index is 2.63. The van der Waals surface area contributed by atoms with Gasteiger partial charge in [-0.3, -0.25) is 0 Å². The van der Waals surface area contributed by atoms with Crippen LogP contribution in [0.2, 0.25) is 0 Å². The average Bonchev–Trinajstić information content (AvgIpc) is 3.27. The van der Waals surface area contributed by atoms with Crippen molar-refractivity contribution in [2.45, 2.75) is 253 Å². The maximum Gasteiger partial charge on any atom is -0.000958 e. The molecule has 0 aliphatic heterocycles. The van der Waals surface area contributed by atoms with Crippen LogP contribution in [0, 0.1) is 5.92 Å². The van der Waals surface area contributed by atoms with E-state index in [1.165, 1.54) is 218 Å². The van der Waals surface area contributed by atoms with Crippen molar-refractivity contribution in [3.63, 3.8) is 0 Å². The van der Waals surface area contributed by atoms with Gasteiger partial charge in [-0.1, -0.05) is 213 Å². The first kappa shape index (κ1) is 41.5. The highest BCUT2D eigenvalue weighted by atomic mass is 14.3. The van der Waals surface area contributed by atoms with Crippen molar-refractivity contribution < 1.29 is 0 Å². The van der Waals surface area contributed by atoms with Crippen LogP contribution < -0.4 is 0 Å². The quantitative estimate of drug-likeness (QED) is 0.0634. The van der Waals surface area contributed by atoms with Gasteiger partial charge < -0.3 is 0 Å². The van der Waals surface area contributed by atoms with E-state index < -0.39 is 0 Å². The van der Waals surface area contributed by atoms with Crippen LogP contribution in [0.25, 0.3) is 0 Å². The van der Waals surface area contributed by atoms with E-state index in [1.807, 2.05) is 22.3 Å². The summed E-state index contributed by atoms with van der Waals surface area (Å²) in [5, 5.41) is 0. The highest BCUT2D eigenvalue weighted by Crippen LogP contribution is 2.46. The molecule has 0 fully saturated rings. The van der Waals surface area contributed by atoms with Gasteiger partial charge in [0.2, 0.25) is 0 Å². The summed E-state index contributed by atoms with van der Waals surface area (Å²) in [4.78, 5) is 0. The summed E-state index contributed by atoms with van der Waals surface area (Å²) in [6.45, 7) is 12.0. The van der Waals surface area contributed by atoms with Gasteiger partial charge in [-0.15, -0.1) is 0 Å². The topological polar surface area (TPSA) is 0 Å². The Morgan fingerprint density at radius 2 is 0.477 bits per heavy atom. The Kier molecular flexibility index (Phi) is 29.3. The summed E-state index contributed by atoms with van der Waals surface area (Å²) in [6, 6.07) is 0. The molecule has 0 saturated carbocycles. The molecule has 1 aliphatic carbocycles. The molecule has 0 bridgehead atoms. The van der Waals surface area contributed by atoms with E-state index in [4.69, 9.17) is 0 Å². The molecule has 44 heavy (non-hydrogen) atoms. The predicted molar refractivity (Wildman–Crippen MR) is 203 cm³/mol. The monoisotopic (exact) mass is 613 g/mol. The lowest BCUT2D eigenvalue weighted by Gasteiger charge is -2.16. The minimum atomic E-state index is 0.739. The van der Waals surface area contributed by atoms with E-state index in [0.717, 1.165) is 5.92 Å². The number of unbranched alkanes of at least 4 members (excludes halogenated alkanes) is 26. The van der Waals surface area contributed by atoms with Crippen LogP contribution in [0.1, 0.15) is 253 Å². The van der Waals surface area contributed by atoms with Crippen molar-refractivity contribution in [1.82, 2.24) is 0 Å². The second-order valence-electron chi connectivity index (χ2n) is 14.9. The molecule has 1 aliphatic rings. The van der Waals surface area contributed by atoms with Crippen LogP contribution in [0.5, 0.6) is 0 Å². The van der Waals surface area contributed by atoms with Crippen LogP contribution in [0.4, 0.5) is 0 Å². The summed E-state index contributed by atoms with van der Waals surface area (Å²) in [5.41, 5.74) is 7.62. The van der Waals surface area contributed by atoms with Gasteiger partial charge >= 0.3 is 0 Å². The SMILES string of the molecule is CCCCCCCCCCC1=C(CCCCCCCC)C(C)C(CCCCCCCCCC)=C1CCCCCCCCCC. The summed E-state index contributed by atoms with van der Waals surface area (Å²) in [5.74, 6) is 0.739. The Morgan fingerprint density at radius 1 is 0.273 bits per heavy atom. The van der Waals surface area contributed by atoms with Crippen LogP contribution >= 0.6 is 0 Å². The summed E-state index contributed by atoms with van der Waals surface area (Å²) >= 11 is 0. The van der Waals surface area contributed by atoms with Crippen molar-refractivity contribution in [3.05, 3.63) is 22.3 Å². The molecule has 0 spiro atoms. The van der Waals surface area contributed by atoms with Crippen LogP contribution in [-0.4, -0.2) is 0 Å².